The maximum absolute atomic E-state index is 12.2. The van der Waals surface area contributed by atoms with Gasteiger partial charge in [-0.05, 0) is 18.1 Å². The van der Waals surface area contributed by atoms with E-state index in [9.17, 15) is 4.79 Å². The van der Waals surface area contributed by atoms with Gasteiger partial charge in [0, 0.05) is 11.6 Å². The predicted molar refractivity (Wildman–Crippen MR) is 70.9 cm³/mol. The second kappa shape index (κ2) is 4.67. The van der Waals surface area contributed by atoms with E-state index in [1.165, 1.54) is 6.33 Å². The first-order valence-corrected chi connectivity index (χ1v) is 6.09. The number of fused-ring (bicyclic) bond motifs is 1. The lowest BCUT2D eigenvalue weighted by atomic mass is 10.2. The highest BCUT2D eigenvalue weighted by Crippen LogP contribution is 2.23. The molecule has 0 fully saturated rings. The topological polar surface area (TPSA) is 34.9 Å². The summed E-state index contributed by atoms with van der Waals surface area (Å²) in [7, 11) is 0. The van der Waals surface area contributed by atoms with Gasteiger partial charge in [-0.25, -0.2) is 4.98 Å². The van der Waals surface area contributed by atoms with Crippen molar-refractivity contribution in [1.82, 2.24) is 9.55 Å². The number of hydrogen-bond acceptors (Lipinski definition) is 2. The van der Waals surface area contributed by atoms with E-state index in [2.05, 4.69) is 4.98 Å². The summed E-state index contributed by atoms with van der Waals surface area (Å²) in [6.45, 7) is 4.71. The highest BCUT2D eigenvalue weighted by Gasteiger charge is 2.10. The van der Waals surface area contributed by atoms with Gasteiger partial charge in [-0.2, -0.15) is 0 Å². The zero-order valence-corrected chi connectivity index (χ0v) is 11.1. The van der Waals surface area contributed by atoms with E-state index in [-0.39, 0.29) is 5.56 Å². The van der Waals surface area contributed by atoms with Crippen molar-refractivity contribution in [1.29, 1.82) is 0 Å². The summed E-state index contributed by atoms with van der Waals surface area (Å²) in [6, 6.07) is 3.21. The van der Waals surface area contributed by atoms with Crippen LogP contribution in [0.3, 0.4) is 0 Å². The molecular formula is C12H12Cl2N2O. The van der Waals surface area contributed by atoms with Crippen LogP contribution in [0.2, 0.25) is 10.0 Å². The van der Waals surface area contributed by atoms with Crippen molar-refractivity contribution in [3.05, 3.63) is 38.9 Å². The van der Waals surface area contributed by atoms with Crippen LogP contribution >= 0.6 is 23.2 Å². The first-order chi connectivity index (χ1) is 7.99. The Morgan fingerprint density at radius 1 is 1.35 bits per heavy atom. The van der Waals surface area contributed by atoms with E-state index in [1.807, 2.05) is 13.8 Å². The molecule has 17 heavy (non-hydrogen) atoms. The molecule has 3 nitrogen and oxygen atoms in total. The summed E-state index contributed by atoms with van der Waals surface area (Å²) >= 11 is 11.9. The van der Waals surface area contributed by atoms with Gasteiger partial charge in [0.25, 0.3) is 5.56 Å². The molecule has 0 bridgehead atoms. The first-order valence-electron chi connectivity index (χ1n) is 5.33. The maximum Gasteiger partial charge on any atom is 0.262 e. The fraction of sp³-hybridized carbons (Fsp3) is 0.333. The normalized spacial score (nSPS) is 11.4. The molecule has 0 radical (unpaired) electrons. The zero-order chi connectivity index (χ0) is 12.6. The third-order valence-electron chi connectivity index (χ3n) is 2.41. The molecular weight excluding hydrogens is 259 g/mol. The number of benzene rings is 1. The minimum atomic E-state index is -0.120. The number of aromatic nitrogens is 2. The SMILES string of the molecule is CC(C)Cn1cnc2cc(Cl)cc(Cl)c2c1=O. The smallest absolute Gasteiger partial charge is 0.262 e. The second-order valence-corrected chi connectivity index (χ2v) is 5.22. The fourth-order valence-electron chi connectivity index (χ4n) is 1.72. The van der Waals surface area contributed by atoms with Gasteiger partial charge in [-0.3, -0.25) is 9.36 Å². The van der Waals surface area contributed by atoms with Crippen molar-refractivity contribution in [3.8, 4) is 0 Å². The highest BCUT2D eigenvalue weighted by atomic mass is 35.5. The van der Waals surface area contributed by atoms with E-state index >= 15 is 0 Å². The summed E-state index contributed by atoms with van der Waals surface area (Å²) in [5.41, 5.74) is 0.415. The van der Waals surface area contributed by atoms with Gasteiger partial charge in [0.2, 0.25) is 0 Å². The van der Waals surface area contributed by atoms with Gasteiger partial charge in [0.15, 0.2) is 0 Å². The standard InChI is InChI=1S/C12H12Cl2N2O/c1-7(2)5-16-6-15-10-4-8(13)3-9(14)11(10)12(16)17/h3-4,6-7H,5H2,1-2H3. The molecule has 0 saturated heterocycles. The molecule has 2 rings (SSSR count). The molecule has 0 saturated carbocycles. The zero-order valence-electron chi connectivity index (χ0n) is 9.58. The van der Waals surface area contributed by atoms with Crippen LogP contribution in [0, 0.1) is 5.92 Å². The van der Waals surface area contributed by atoms with Crippen LogP contribution in [0.15, 0.2) is 23.3 Å². The molecule has 0 aliphatic rings. The Labute approximate surface area is 109 Å². The average Bonchev–Trinajstić information content (AvgIpc) is 2.20. The molecule has 5 heteroatoms. The Kier molecular flexibility index (Phi) is 3.40. The minimum Gasteiger partial charge on any atom is -0.298 e. The summed E-state index contributed by atoms with van der Waals surface area (Å²) in [5.74, 6) is 0.373. The third-order valence-corrected chi connectivity index (χ3v) is 2.92. The maximum atomic E-state index is 12.2. The van der Waals surface area contributed by atoms with Crippen LogP contribution < -0.4 is 5.56 Å². The van der Waals surface area contributed by atoms with Crippen molar-refractivity contribution in [2.45, 2.75) is 20.4 Å². The highest BCUT2D eigenvalue weighted by molar-refractivity contribution is 6.38. The van der Waals surface area contributed by atoms with E-state index in [0.29, 0.717) is 33.4 Å². The average molecular weight is 271 g/mol. The number of hydrogen-bond donors (Lipinski definition) is 0. The van der Waals surface area contributed by atoms with E-state index in [0.717, 1.165) is 0 Å². The van der Waals surface area contributed by atoms with Crippen LogP contribution in [-0.4, -0.2) is 9.55 Å². The molecule has 0 aliphatic carbocycles. The Morgan fingerprint density at radius 3 is 2.71 bits per heavy atom. The van der Waals surface area contributed by atoms with Gasteiger partial charge in [0.05, 0.1) is 22.3 Å². The summed E-state index contributed by atoms with van der Waals surface area (Å²) in [4.78, 5) is 16.4. The quantitative estimate of drug-likeness (QED) is 0.839. The lowest BCUT2D eigenvalue weighted by Gasteiger charge is -2.09. The van der Waals surface area contributed by atoms with Crippen molar-refractivity contribution < 1.29 is 0 Å². The van der Waals surface area contributed by atoms with Crippen LogP contribution in [0.4, 0.5) is 0 Å². The Hall–Kier alpha value is -1.06. The monoisotopic (exact) mass is 270 g/mol. The Balaban J connectivity index is 2.71. The number of rotatable bonds is 2. The molecule has 0 unspecified atom stereocenters. The molecule has 0 N–H and O–H groups in total. The summed E-state index contributed by atoms with van der Waals surface area (Å²) < 4.78 is 1.58. The van der Waals surface area contributed by atoms with Crippen LogP contribution in [0.1, 0.15) is 13.8 Å². The largest absolute Gasteiger partial charge is 0.298 e. The van der Waals surface area contributed by atoms with Gasteiger partial charge in [0.1, 0.15) is 0 Å². The molecule has 0 amide bonds. The molecule has 1 aromatic heterocycles. The lowest BCUT2D eigenvalue weighted by molar-refractivity contribution is 0.508. The van der Waals surface area contributed by atoms with Gasteiger partial charge >= 0.3 is 0 Å². The third kappa shape index (κ3) is 2.45. The van der Waals surface area contributed by atoms with Crippen molar-refractivity contribution in [2.75, 3.05) is 0 Å². The molecule has 1 heterocycles. The summed E-state index contributed by atoms with van der Waals surface area (Å²) in [6.07, 6.45) is 1.54. The summed E-state index contributed by atoms with van der Waals surface area (Å²) in [5, 5.41) is 1.26. The molecule has 90 valence electrons. The Morgan fingerprint density at radius 2 is 2.06 bits per heavy atom. The first kappa shape index (κ1) is 12.4. The molecule has 1 aromatic carbocycles. The minimum absolute atomic E-state index is 0.120. The number of nitrogens with zero attached hydrogens (tertiary/aromatic N) is 2. The molecule has 0 spiro atoms. The Bertz CT molecular complexity index is 620. The van der Waals surface area contributed by atoms with Gasteiger partial charge in [-0.15, -0.1) is 0 Å². The van der Waals surface area contributed by atoms with E-state index < -0.39 is 0 Å². The van der Waals surface area contributed by atoms with Crippen LogP contribution in [0.25, 0.3) is 10.9 Å². The van der Waals surface area contributed by atoms with Gasteiger partial charge in [-0.1, -0.05) is 37.0 Å². The van der Waals surface area contributed by atoms with E-state index in [1.54, 1.807) is 16.7 Å². The van der Waals surface area contributed by atoms with E-state index in [4.69, 9.17) is 23.2 Å². The molecule has 0 aliphatic heterocycles. The predicted octanol–water partition coefficient (Wildman–Crippen LogP) is 3.36. The molecule has 2 aromatic rings. The lowest BCUT2D eigenvalue weighted by Crippen LogP contribution is -2.23. The number of halogens is 2. The second-order valence-electron chi connectivity index (χ2n) is 4.38. The molecule has 0 atom stereocenters. The van der Waals surface area contributed by atoms with Crippen molar-refractivity contribution in [2.24, 2.45) is 5.92 Å². The van der Waals surface area contributed by atoms with Crippen molar-refractivity contribution in [3.63, 3.8) is 0 Å². The van der Waals surface area contributed by atoms with Crippen LogP contribution in [0.5, 0.6) is 0 Å². The van der Waals surface area contributed by atoms with Gasteiger partial charge < -0.3 is 0 Å². The van der Waals surface area contributed by atoms with Crippen LogP contribution in [-0.2, 0) is 6.54 Å². The van der Waals surface area contributed by atoms with Crippen molar-refractivity contribution >= 4 is 34.1 Å². The fourth-order valence-corrected chi connectivity index (χ4v) is 2.29.